The highest BCUT2D eigenvalue weighted by Gasteiger charge is 2.12. The molecule has 0 saturated carbocycles. The van der Waals surface area contributed by atoms with E-state index in [0.29, 0.717) is 5.92 Å². The first-order chi connectivity index (χ1) is 11.6. The minimum absolute atomic E-state index is 0.220. The molecule has 1 atom stereocenters. The Kier molecular flexibility index (Phi) is 9.81. The highest BCUT2D eigenvalue weighted by atomic mass is 16.3. The van der Waals surface area contributed by atoms with Crippen LogP contribution in [-0.4, -0.2) is 24.8 Å². The van der Waals surface area contributed by atoms with Gasteiger partial charge in [-0.05, 0) is 43.5 Å². The Morgan fingerprint density at radius 3 is 2.00 bits per heavy atom. The third-order valence-electron chi connectivity index (χ3n) is 3.81. The van der Waals surface area contributed by atoms with Gasteiger partial charge in [0.25, 0.3) is 0 Å². The van der Waals surface area contributed by atoms with Gasteiger partial charge in [0.1, 0.15) is 0 Å². The third-order valence-corrected chi connectivity index (χ3v) is 3.81. The summed E-state index contributed by atoms with van der Waals surface area (Å²) in [5.41, 5.74) is 7.01. The van der Waals surface area contributed by atoms with Crippen molar-refractivity contribution < 1.29 is 5.11 Å². The monoisotopic (exact) mass is 328 g/mol. The molecule has 2 rings (SSSR count). The number of aliphatic hydroxyl groups excluding tert-OH is 1. The van der Waals surface area contributed by atoms with E-state index in [1.807, 2.05) is 12.1 Å². The molecule has 2 aromatic carbocycles. The second kappa shape index (κ2) is 11.7. The van der Waals surface area contributed by atoms with Gasteiger partial charge in [-0.15, -0.1) is 0 Å². The van der Waals surface area contributed by atoms with Crippen LogP contribution in [0.5, 0.6) is 0 Å². The standard InChI is InChI=1S/C20H27NO.CH5N/c1-17(2)15-20(22)13-14-21(19-11-7-4-8-12-19)16-18-9-5-3-6-10-18;1-2/h3-12,17,20,22H,13-16H2,1-2H3;2H2,1H3. The van der Waals surface area contributed by atoms with E-state index in [1.165, 1.54) is 18.3 Å². The molecule has 3 heteroatoms. The number of benzene rings is 2. The van der Waals surface area contributed by atoms with Crippen LogP contribution in [0.4, 0.5) is 5.69 Å². The third kappa shape index (κ3) is 7.62. The molecular weight excluding hydrogens is 296 g/mol. The number of rotatable bonds is 8. The van der Waals surface area contributed by atoms with E-state index in [-0.39, 0.29) is 6.10 Å². The Bertz CT molecular complexity index is 528. The zero-order valence-electron chi connectivity index (χ0n) is 15.2. The average Bonchev–Trinajstić information content (AvgIpc) is 2.61. The van der Waals surface area contributed by atoms with Gasteiger partial charge in [-0.25, -0.2) is 0 Å². The van der Waals surface area contributed by atoms with Gasteiger partial charge in [0, 0.05) is 18.8 Å². The Labute approximate surface area is 147 Å². The van der Waals surface area contributed by atoms with Crippen molar-refractivity contribution in [1.82, 2.24) is 0 Å². The normalized spacial score (nSPS) is 11.6. The van der Waals surface area contributed by atoms with Crippen LogP contribution in [0.25, 0.3) is 0 Å². The first kappa shape index (κ1) is 20.2. The van der Waals surface area contributed by atoms with Crippen molar-refractivity contribution in [2.45, 2.75) is 39.3 Å². The summed E-state index contributed by atoms with van der Waals surface area (Å²) in [6.07, 6.45) is 1.45. The summed E-state index contributed by atoms with van der Waals surface area (Å²) in [7, 11) is 1.50. The Morgan fingerprint density at radius 2 is 1.46 bits per heavy atom. The fraction of sp³-hybridized carbons (Fsp3) is 0.429. The predicted molar refractivity (Wildman–Crippen MR) is 104 cm³/mol. The molecule has 0 aliphatic heterocycles. The van der Waals surface area contributed by atoms with Crippen molar-refractivity contribution >= 4 is 5.69 Å². The molecule has 2 aromatic rings. The zero-order chi connectivity index (χ0) is 17.8. The highest BCUT2D eigenvalue weighted by Crippen LogP contribution is 2.18. The molecule has 132 valence electrons. The van der Waals surface area contributed by atoms with Gasteiger partial charge in [0.05, 0.1) is 6.10 Å². The smallest absolute Gasteiger partial charge is 0.0559 e. The fourth-order valence-corrected chi connectivity index (χ4v) is 2.71. The highest BCUT2D eigenvalue weighted by molar-refractivity contribution is 5.46. The molecule has 0 aromatic heterocycles. The van der Waals surface area contributed by atoms with Gasteiger partial charge >= 0.3 is 0 Å². The molecular formula is C21H32N2O. The van der Waals surface area contributed by atoms with Crippen molar-refractivity contribution in [3.05, 3.63) is 66.2 Å². The molecule has 0 aliphatic carbocycles. The second-order valence-electron chi connectivity index (χ2n) is 6.31. The van der Waals surface area contributed by atoms with E-state index >= 15 is 0 Å². The lowest BCUT2D eigenvalue weighted by Gasteiger charge is -2.26. The van der Waals surface area contributed by atoms with E-state index in [2.05, 4.69) is 73.0 Å². The van der Waals surface area contributed by atoms with Crippen LogP contribution in [0, 0.1) is 5.92 Å². The predicted octanol–water partition coefficient (Wildman–Crippen LogP) is 4.07. The summed E-state index contributed by atoms with van der Waals surface area (Å²) in [5, 5.41) is 10.2. The largest absolute Gasteiger partial charge is 0.393 e. The molecule has 24 heavy (non-hydrogen) atoms. The van der Waals surface area contributed by atoms with E-state index in [4.69, 9.17) is 0 Å². The molecule has 3 nitrogen and oxygen atoms in total. The van der Waals surface area contributed by atoms with Crippen molar-refractivity contribution in [3.8, 4) is 0 Å². The van der Waals surface area contributed by atoms with Gasteiger partial charge < -0.3 is 15.7 Å². The van der Waals surface area contributed by atoms with Crippen molar-refractivity contribution in [1.29, 1.82) is 0 Å². The van der Waals surface area contributed by atoms with Crippen LogP contribution in [0.1, 0.15) is 32.3 Å². The van der Waals surface area contributed by atoms with Crippen molar-refractivity contribution in [3.63, 3.8) is 0 Å². The lowest BCUT2D eigenvalue weighted by molar-refractivity contribution is 0.141. The van der Waals surface area contributed by atoms with Gasteiger partial charge in [-0.2, -0.15) is 0 Å². The van der Waals surface area contributed by atoms with E-state index < -0.39 is 0 Å². The molecule has 0 bridgehead atoms. The molecule has 0 aliphatic rings. The lowest BCUT2D eigenvalue weighted by Crippen LogP contribution is -2.27. The van der Waals surface area contributed by atoms with Crippen molar-refractivity contribution in [2.24, 2.45) is 11.7 Å². The summed E-state index contributed by atoms with van der Waals surface area (Å²) >= 11 is 0. The number of hydrogen-bond acceptors (Lipinski definition) is 3. The van der Waals surface area contributed by atoms with Gasteiger partial charge in [0.2, 0.25) is 0 Å². The van der Waals surface area contributed by atoms with Crippen molar-refractivity contribution in [2.75, 3.05) is 18.5 Å². The number of aliphatic hydroxyl groups is 1. The van der Waals surface area contributed by atoms with Crippen LogP contribution in [-0.2, 0) is 6.54 Å². The molecule has 0 heterocycles. The molecule has 0 spiro atoms. The molecule has 1 unspecified atom stereocenters. The molecule has 3 N–H and O–H groups in total. The summed E-state index contributed by atoms with van der Waals surface area (Å²) in [5.74, 6) is 0.536. The number of hydrogen-bond donors (Lipinski definition) is 2. The topological polar surface area (TPSA) is 49.5 Å². The Balaban J connectivity index is 0.00000139. The molecule has 0 saturated heterocycles. The minimum Gasteiger partial charge on any atom is -0.393 e. The summed E-state index contributed by atoms with van der Waals surface area (Å²) in [6.45, 7) is 6.05. The fourth-order valence-electron chi connectivity index (χ4n) is 2.71. The van der Waals surface area contributed by atoms with Crippen LogP contribution in [0.15, 0.2) is 60.7 Å². The van der Waals surface area contributed by atoms with Crippen LogP contribution in [0.2, 0.25) is 0 Å². The van der Waals surface area contributed by atoms with E-state index in [1.54, 1.807) is 0 Å². The van der Waals surface area contributed by atoms with Crippen LogP contribution < -0.4 is 10.6 Å². The quantitative estimate of drug-likeness (QED) is 0.768. The number of nitrogens with zero attached hydrogens (tertiary/aromatic N) is 1. The summed E-state index contributed by atoms with van der Waals surface area (Å²) < 4.78 is 0. The lowest BCUT2D eigenvalue weighted by atomic mass is 10.0. The maximum Gasteiger partial charge on any atom is 0.0559 e. The number of para-hydroxylation sites is 1. The number of anilines is 1. The SMILES string of the molecule is CC(C)CC(O)CCN(Cc1ccccc1)c1ccccc1.CN. The maximum atomic E-state index is 10.2. The Hall–Kier alpha value is -1.84. The summed E-state index contributed by atoms with van der Waals surface area (Å²) in [4.78, 5) is 2.35. The Morgan fingerprint density at radius 1 is 0.917 bits per heavy atom. The summed E-state index contributed by atoms with van der Waals surface area (Å²) in [6, 6.07) is 20.9. The van der Waals surface area contributed by atoms with Crippen LogP contribution in [0.3, 0.4) is 0 Å². The molecule has 0 amide bonds. The maximum absolute atomic E-state index is 10.2. The first-order valence-corrected chi connectivity index (χ1v) is 8.75. The van der Waals surface area contributed by atoms with Crippen LogP contribution >= 0.6 is 0 Å². The number of nitrogens with two attached hydrogens (primary N) is 1. The molecule has 0 radical (unpaired) electrons. The van der Waals surface area contributed by atoms with Gasteiger partial charge in [-0.1, -0.05) is 62.4 Å². The minimum atomic E-state index is -0.220. The van der Waals surface area contributed by atoms with E-state index in [0.717, 1.165) is 25.9 Å². The van der Waals surface area contributed by atoms with Gasteiger partial charge in [0.15, 0.2) is 0 Å². The second-order valence-corrected chi connectivity index (χ2v) is 6.31. The zero-order valence-corrected chi connectivity index (χ0v) is 15.2. The first-order valence-electron chi connectivity index (χ1n) is 8.75. The van der Waals surface area contributed by atoms with E-state index in [9.17, 15) is 5.11 Å². The average molecular weight is 329 g/mol. The van der Waals surface area contributed by atoms with Gasteiger partial charge in [-0.3, -0.25) is 0 Å². The molecule has 0 fully saturated rings.